The Morgan fingerprint density at radius 3 is 1.39 bits per heavy atom. The highest BCUT2D eigenvalue weighted by Gasteiger charge is 2.70. The third-order valence-electron chi connectivity index (χ3n) is 15.2. The molecule has 3 saturated carbocycles. The Labute approximate surface area is 365 Å². The van der Waals surface area contributed by atoms with Gasteiger partial charge in [0.25, 0.3) is 0 Å². The molecule has 2 atom stereocenters. The quantitative estimate of drug-likeness (QED) is 0.155. The molecule has 0 bridgehead atoms. The van der Waals surface area contributed by atoms with Gasteiger partial charge in [-0.2, -0.15) is 0 Å². The second-order valence-electron chi connectivity index (χ2n) is 21.8. The van der Waals surface area contributed by atoms with Crippen LogP contribution in [0.2, 0.25) is 0 Å². The fourth-order valence-corrected chi connectivity index (χ4v) is 11.9. The van der Waals surface area contributed by atoms with Crippen LogP contribution in [0, 0.1) is 17.8 Å². The number of benzene rings is 7. The van der Waals surface area contributed by atoms with Crippen molar-refractivity contribution in [3.05, 3.63) is 174 Å². The maximum Gasteiger partial charge on any atom is 0.0540 e. The van der Waals surface area contributed by atoms with Crippen molar-refractivity contribution in [1.29, 1.82) is 0 Å². The van der Waals surface area contributed by atoms with Crippen LogP contribution in [0.15, 0.2) is 152 Å². The van der Waals surface area contributed by atoms with Crippen molar-refractivity contribution in [2.24, 2.45) is 17.8 Å². The van der Waals surface area contributed by atoms with Crippen molar-refractivity contribution in [3.63, 3.8) is 0 Å². The van der Waals surface area contributed by atoms with Crippen LogP contribution < -0.4 is 4.90 Å². The van der Waals surface area contributed by atoms with Gasteiger partial charge in [0.2, 0.25) is 0 Å². The van der Waals surface area contributed by atoms with E-state index in [4.69, 9.17) is 0 Å². The first kappa shape index (κ1) is 39.7. The average molecular weight is 798 g/mol. The highest BCUT2D eigenvalue weighted by Crippen LogP contribution is 2.75. The predicted molar refractivity (Wildman–Crippen MR) is 262 cm³/mol. The zero-order chi connectivity index (χ0) is 42.5. The van der Waals surface area contributed by atoms with Crippen LogP contribution in [0.4, 0.5) is 17.1 Å². The van der Waals surface area contributed by atoms with Gasteiger partial charge in [-0.25, -0.2) is 0 Å². The molecular formula is C60H63N. The molecule has 7 aromatic carbocycles. The monoisotopic (exact) mass is 797 g/mol. The van der Waals surface area contributed by atoms with Crippen LogP contribution in [0.3, 0.4) is 0 Å². The van der Waals surface area contributed by atoms with Crippen LogP contribution in [-0.4, -0.2) is 0 Å². The number of fused-ring (bicyclic) bond motifs is 1. The summed E-state index contributed by atoms with van der Waals surface area (Å²) in [6, 6.07) is 58.4. The normalized spacial score (nSPS) is 20.8. The minimum Gasteiger partial charge on any atom is -0.309 e. The van der Waals surface area contributed by atoms with Crippen molar-refractivity contribution in [2.75, 3.05) is 4.90 Å². The molecule has 3 aliphatic carbocycles. The molecule has 0 amide bonds. The van der Waals surface area contributed by atoms with Crippen molar-refractivity contribution in [1.82, 2.24) is 0 Å². The van der Waals surface area contributed by atoms with E-state index >= 15 is 0 Å². The molecule has 7 aromatic rings. The topological polar surface area (TPSA) is 3.24 Å². The van der Waals surface area contributed by atoms with Gasteiger partial charge in [-0.05, 0) is 128 Å². The second-order valence-corrected chi connectivity index (χ2v) is 21.8. The second kappa shape index (κ2) is 14.3. The summed E-state index contributed by atoms with van der Waals surface area (Å²) < 4.78 is 0. The number of nitrogens with zero attached hydrogens (tertiary/aromatic N) is 1. The summed E-state index contributed by atoms with van der Waals surface area (Å²) in [5.74, 6) is 2.49. The molecule has 1 nitrogen and oxygen atoms in total. The summed E-state index contributed by atoms with van der Waals surface area (Å²) >= 11 is 0. The van der Waals surface area contributed by atoms with Crippen LogP contribution >= 0.6 is 0 Å². The highest BCUT2D eigenvalue weighted by atomic mass is 15.1. The summed E-state index contributed by atoms with van der Waals surface area (Å²) in [5.41, 5.74) is 17.2. The molecule has 1 heteroatoms. The summed E-state index contributed by atoms with van der Waals surface area (Å²) in [6.45, 7) is 20.9. The van der Waals surface area contributed by atoms with Crippen molar-refractivity contribution >= 4 is 27.8 Å². The van der Waals surface area contributed by atoms with E-state index in [9.17, 15) is 0 Å². The van der Waals surface area contributed by atoms with E-state index in [0.717, 1.165) is 17.8 Å². The van der Waals surface area contributed by atoms with Gasteiger partial charge in [0.1, 0.15) is 0 Å². The molecule has 61 heavy (non-hydrogen) atoms. The van der Waals surface area contributed by atoms with Gasteiger partial charge >= 0.3 is 0 Å². The van der Waals surface area contributed by atoms with Gasteiger partial charge in [-0.3, -0.25) is 0 Å². The van der Waals surface area contributed by atoms with Gasteiger partial charge in [0.15, 0.2) is 0 Å². The summed E-state index contributed by atoms with van der Waals surface area (Å²) in [5, 5.41) is 2.82. The predicted octanol–water partition coefficient (Wildman–Crippen LogP) is 16.9. The Morgan fingerprint density at radius 2 is 0.869 bits per heavy atom. The fraction of sp³-hybridized carbons (Fsp3) is 0.333. The lowest BCUT2D eigenvalue weighted by atomic mass is 9.38. The molecular weight excluding hydrogens is 735 g/mol. The zero-order valence-corrected chi connectivity index (χ0v) is 37.9. The zero-order valence-electron chi connectivity index (χ0n) is 37.9. The first-order valence-electron chi connectivity index (χ1n) is 23.0. The van der Waals surface area contributed by atoms with Gasteiger partial charge < -0.3 is 4.90 Å². The van der Waals surface area contributed by atoms with E-state index in [2.05, 4.69) is 219 Å². The van der Waals surface area contributed by atoms with E-state index in [1.807, 2.05) is 0 Å². The number of anilines is 3. The molecule has 0 radical (unpaired) electrons. The molecule has 308 valence electrons. The number of hydrogen-bond acceptors (Lipinski definition) is 1. The van der Waals surface area contributed by atoms with E-state index in [1.54, 1.807) is 5.56 Å². The van der Waals surface area contributed by atoms with E-state index in [0.29, 0.717) is 5.41 Å². The third kappa shape index (κ3) is 6.49. The van der Waals surface area contributed by atoms with Gasteiger partial charge in [0.05, 0.1) is 17.1 Å². The first-order chi connectivity index (χ1) is 29.1. The molecule has 0 aliphatic heterocycles. The van der Waals surface area contributed by atoms with E-state index in [1.165, 1.54) is 104 Å². The SMILES string of the molecule is CC(C)(C)c1ccc(-c2ccccc2N(c2ccccc2-c2cc(C(C)(C)C)cc(C(C)(C)C)c2)c2ccccc2-c2cccc3cccc(C45C6CCC4CC5C6)c23)cc1. The Hall–Kier alpha value is -5.40. The first-order valence-corrected chi connectivity index (χ1v) is 23.0. The molecule has 0 aromatic heterocycles. The Balaban J connectivity index is 1.25. The lowest BCUT2D eigenvalue weighted by Crippen LogP contribution is -2.61. The Kier molecular flexibility index (Phi) is 9.34. The largest absolute Gasteiger partial charge is 0.309 e. The highest BCUT2D eigenvalue weighted by molar-refractivity contribution is 6.05. The standard InChI is InChI=1S/C60H63N/c1-57(2,3)42-30-28-39(29-31-42)48-20-10-13-25-53(48)61(54-26-14-11-21-49(54)41-34-45(58(4,5)6)38-46(35-41)59(7,8)9)55-27-15-12-22-50(55)51-23-16-18-40-19-17-24-52(56(40)51)60-43-32-33-44(60)37-47(60)36-43/h10-31,34-35,38,43-44,47H,32-33,36-37H2,1-9H3. The van der Waals surface area contributed by atoms with Crippen LogP contribution in [0.25, 0.3) is 44.2 Å². The third-order valence-corrected chi connectivity index (χ3v) is 15.2. The maximum atomic E-state index is 2.59. The molecule has 10 rings (SSSR count). The molecule has 3 fully saturated rings. The van der Waals surface area contributed by atoms with Crippen LogP contribution in [0.5, 0.6) is 0 Å². The van der Waals surface area contributed by atoms with Crippen molar-refractivity contribution in [3.8, 4) is 33.4 Å². The molecule has 0 spiro atoms. The average Bonchev–Trinajstić information content (AvgIpc) is 3.37. The number of para-hydroxylation sites is 3. The molecule has 3 aliphatic rings. The lowest BCUT2D eigenvalue weighted by Gasteiger charge is -2.65. The smallest absolute Gasteiger partial charge is 0.0540 e. The Morgan fingerprint density at radius 1 is 0.410 bits per heavy atom. The van der Waals surface area contributed by atoms with Crippen molar-refractivity contribution in [2.45, 2.75) is 110 Å². The number of rotatable bonds is 7. The number of hydrogen-bond donors (Lipinski definition) is 0. The minimum atomic E-state index is -0.00596. The molecule has 0 heterocycles. The van der Waals surface area contributed by atoms with Gasteiger partial charge in [-0.15, -0.1) is 0 Å². The van der Waals surface area contributed by atoms with Crippen LogP contribution in [-0.2, 0) is 21.7 Å². The van der Waals surface area contributed by atoms with Gasteiger partial charge in [-0.1, -0.05) is 196 Å². The maximum absolute atomic E-state index is 2.59. The minimum absolute atomic E-state index is 0.00596. The van der Waals surface area contributed by atoms with Crippen molar-refractivity contribution < 1.29 is 0 Å². The summed E-state index contributed by atoms with van der Waals surface area (Å²) in [6.07, 6.45) is 5.61. The summed E-state index contributed by atoms with van der Waals surface area (Å²) in [4.78, 5) is 2.59. The summed E-state index contributed by atoms with van der Waals surface area (Å²) in [7, 11) is 0. The van der Waals surface area contributed by atoms with Gasteiger partial charge in [0, 0.05) is 22.1 Å². The van der Waals surface area contributed by atoms with E-state index in [-0.39, 0.29) is 16.2 Å². The fourth-order valence-electron chi connectivity index (χ4n) is 11.9. The molecule has 2 unspecified atom stereocenters. The van der Waals surface area contributed by atoms with E-state index < -0.39 is 0 Å². The molecule has 0 saturated heterocycles. The lowest BCUT2D eigenvalue weighted by molar-refractivity contribution is -0.0824. The van der Waals surface area contributed by atoms with Crippen LogP contribution in [0.1, 0.15) is 110 Å². The molecule has 0 N–H and O–H groups in total. The Bertz CT molecular complexity index is 2720.